The standard InChI is InChI=1S/C27H27NO5/c1-30-23-11-6-5-9-21(23)14-15-26(29)28-22-10-7-8-19(16-22)12-13-20-17-24(31-2)27(33-4)25(18-20)32-3/h5-18H,1-4H3,(H,28,29)/b13-12+,15-14+. The minimum Gasteiger partial charge on any atom is -0.496 e. The number of carbonyl (C=O) groups is 1. The maximum Gasteiger partial charge on any atom is 0.248 e. The molecule has 0 bridgehead atoms. The quantitative estimate of drug-likeness (QED) is 0.346. The molecule has 0 saturated carbocycles. The Balaban J connectivity index is 1.73. The van der Waals surface area contributed by atoms with E-state index in [-0.39, 0.29) is 5.91 Å². The Morgan fingerprint density at radius 3 is 2.03 bits per heavy atom. The zero-order chi connectivity index (χ0) is 23.6. The number of methoxy groups -OCH3 is 4. The van der Waals surface area contributed by atoms with E-state index in [1.165, 1.54) is 6.08 Å². The van der Waals surface area contributed by atoms with Crippen molar-refractivity contribution >= 4 is 29.8 Å². The number of nitrogens with one attached hydrogen (secondary N) is 1. The first-order chi connectivity index (χ1) is 16.1. The number of para-hydroxylation sites is 1. The summed E-state index contributed by atoms with van der Waals surface area (Å²) in [5.41, 5.74) is 3.34. The Morgan fingerprint density at radius 2 is 1.36 bits per heavy atom. The van der Waals surface area contributed by atoms with Crippen LogP contribution >= 0.6 is 0 Å². The number of ether oxygens (including phenoxy) is 4. The average Bonchev–Trinajstić information content (AvgIpc) is 2.85. The molecule has 3 rings (SSSR count). The van der Waals surface area contributed by atoms with Crippen molar-refractivity contribution in [2.24, 2.45) is 0 Å². The molecule has 170 valence electrons. The summed E-state index contributed by atoms with van der Waals surface area (Å²) >= 11 is 0. The lowest BCUT2D eigenvalue weighted by molar-refractivity contribution is -0.111. The number of hydrogen-bond acceptors (Lipinski definition) is 5. The van der Waals surface area contributed by atoms with Gasteiger partial charge in [-0.25, -0.2) is 0 Å². The van der Waals surface area contributed by atoms with Crippen LogP contribution in [-0.2, 0) is 4.79 Å². The van der Waals surface area contributed by atoms with Crippen LogP contribution in [0.4, 0.5) is 5.69 Å². The molecule has 0 spiro atoms. The SMILES string of the molecule is COc1ccccc1/C=C/C(=O)Nc1cccc(/C=C/c2cc(OC)c(OC)c(OC)c2)c1. The van der Waals surface area contributed by atoms with Gasteiger partial charge in [-0.2, -0.15) is 0 Å². The molecule has 33 heavy (non-hydrogen) atoms. The van der Waals surface area contributed by atoms with Gasteiger partial charge in [0.2, 0.25) is 11.7 Å². The number of amides is 1. The highest BCUT2D eigenvalue weighted by atomic mass is 16.5. The van der Waals surface area contributed by atoms with Gasteiger partial charge in [0.15, 0.2) is 11.5 Å². The van der Waals surface area contributed by atoms with Gasteiger partial charge in [0.25, 0.3) is 0 Å². The molecule has 1 N–H and O–H groups in total. The third kappa shape index (κ3) is 6.17. The van der Waals surface area contributed by atoms with Gasteiger partial charge in [0.05, 0.1) is 28.4 Å². The van der Waals surface area contributed by atoms with E-state index in [2.05, 4.69) is 5.32 Å². The molecular weight excluding hydrogens is 418 g/mol. The van der Waals surface area contributed by atoms with Gasteiger partial charge in [-0.3, -0.25) is 4.79 Å². The number of anilines is 1. The van der Waals surface area contributed by atoms with Gasteiger partial charge < -0.3 is 24.3 Å². The monoisotopic (exact) mass is 445 g/mol. The molecule has 0 atom stereocenters. The molecule has 3 aromatic rings. The van der Waals surface area contributed by atoms with Crippen molar-refractivity contribution in [3.05, 3.63) is 83.4 Å². The normalized spacial score (nSPS) is 10.9. The molecular formula is C27H27NO5. The zero-order valence-corrected chi connectivity index (χ0v) is 19.1. The average molecular weight is 446 g/mol. The fourth-order valence-electron chi connectivity index (χ4n) is 3.26. The van der Waals surface area contributed by atoms with Crippen LogP contribution in [0.15, 0.2) is 66.7 Å². The summed E-state index contributed by atoms with van der Waals surface area (Å²) in [5, 5.41) is 2.88. The molecule has 0 saturated heterocycles. The second-order valence-electron chi connectivity index (χ2n) is 6.98. The van der Waals surface area contributed by atoms with Crippen LogP contribution in [0.2, 0.25) is 0 Å². The number of hydrogen-bond donors (Lipinski definition) is 1. The Bertz CT molecular complexity index is 1140. The first-order valence-electron chi connectivity index (χ1n) is 10.3. The van der Waals surface area contributed by atoms with Crippen molar-refractivity contribution in [1.82, 2.24) is 0 Å². The summed E-state index contributed by atoms with van der Waals surface area (Å²) in [6.45, 7) is 0. The molecule has 0 fully saturated rings. The molecule has 1 amide bonds. The Labute approximate surface area is 194 Å². The van der Waals surface area contributed by atoms with Gasteiger partial charge in [-0.05, 0) is 47.5 Å². The summed E-state index contributed by atoms with van der Waals surface area (Å²) in [5.74, 6) is 2.19. The first kappa shape index (κ1) is 23.5. The second kappa shape index (κ2) is 11.4. The number of rotatable bonds is 9. The lowest BCUT2D eigenvalue weighted by atomic mass is 10.1. The Kier molecular flexibility index (Phi) is 8.13. The highest BCUT2D eigenvalue weighted by Gasteiger charge is 2.12. The molecule has 0 radical (unpaired) electrons. The highest BCUT2D eigenvalue weighted by molar-refractivity contribution is 6.02. The molecule has 0 unspecified atom stereocenters. The van der Waals surface area contributed by atoms with Gasteiger partial charge in [0.1, 0.15) is 5.75 Å². The van der Waals surface area contributed by atoms with Crippen LogP contribution in [-0.4, -0.2) is 34.3 Å². The molecule has 0 aliphatic carbocycles. The van der Waals surface area contributed by atoms with E-state index < -0.39 is 0 Å². The molecule has 0 aliphatic heterocycles. The topological polar surface area (TPSA) is 66.0 Å². The summed E-state index contributed by atoms with van der Waals surface area (Å²) in [6, 6.07) is 18.8. The Morgan fingerprint density at radius 1 is 0.697 bits per heavy atom. The van der Waals surface area contributed by atoms with Crippen molar-refractivity contribution in [2.75, 3.05) is 33.8 Å². The van der Waals surface area contributed by atoms with E-state index in [9.17, 15) is 4.79 Å². The van der Waals surface area contributed by atoms with Crippen molar-refractivity contribution in [1.29, 1.82) is 0 Å². The highest BCUT2D eigenvalue weighted by Crippen LogP contribution is 2.38. The molecule has 0 heterocycles. The largest absolute Gasteiger partial charge is 0.496 e. The van der Waals surface area contributed by atoms with Crippen LogP contribution in [0, 0.1) is 0 Å². The van der Waals surface area contributed by atoms with Crippen LogP contribution in [0.1, 0.15) is 16.7 Å². The summed E-state index contributed by atoms with van der Waals surface area (Å²) in [7, 11) is 6.34. The fraction of sp³-hybridized carbons (Fsp3) is 0.148. The maximum absolute atomic E-state index is 12.4. The fourth-order valence-corrected chi connectivity index (χ4v) is 3.26. The van der Waals surface area contributed by atoms with Crippen LogP contribution < -0.4 is 24.3 Å². The minimum absolute atomic E-state index is 0.230. The van der Waals surface area contributed by atoms with E-state index in [4.69, 9.17) is 18.9 Å². The maximum atomic E-state index is 12.4. The first-order valence-corrected chi connectivity index (χ1v) is 10.3. The van der Waals surface area contributed by atoms with E-state index in [1.807, 2.05) is 72.8 Å². The van der Waals surface area contributed by atoms with Gasteiger partial charge in [-0.1, -0.05) is 42.5 Å². The second-order valence-corrected chi connectivity index (χ2v) is 6.98. The van der Waals surface area contributed by atoms with Gasteiger partial charge >= 0.3 is 0 Å². The molecule has 0 aliphatic rings. The van der Waals surface area contributed by atoms with Gasteiger partial charge in [0, 0.05) is 17.3 Å². The van der Waals surface area contributed by atoms with E-state index in [0.29, 0.717) is 28.7 Å². The van der Waals surface area contributed by atoms with Crippen molar-refractivity contribution < 1.29 is 23.7 Å². The predicted molar refractivity (Wildman–Crippen MR) is 132 cm³/mol. The van der Waals surface area contributed by atoms with Gasteiger partial charge in [-0.15, -0.1) is 0 Å². The molecule has 6 heteroatoms. The third-order valence-electron chi connectivity index (χ3n) is 4.86. The lowest BCUT2D eigenvalue weighted by Crippen LogP contribution is -2.07. The predicted octanol–water partition coefficient (Wildman–Crippen LogP) is 5.54. The molecule has 6 nitrogen and oxygen atoms in total. The number of carbonyl (C=O) groups excluding carboxylic acids is 1. The van der Waals surface area contributed by atoms with E-state index in [1.54, 1.807) is 34.5 Å². The van der Waals surface area contributed by atoms with E-state index >= 15 is 0 Å². The van der Waals surface area contributed by atoms with Crippen LogP contribution in [0.3, 0.4) is 0 Å². The van der Waals surface area contributed by atoms with Crippen molar-refractivity contribution in [2.45, 2.75) is 0 Å². The van der Waals surface area contributed by atoms with Crippen LogP contribution in [0.25, 0.3) is 18.2 Å². The molecule has 0 aromatic heterocycles. The van der Waals surface area contributed by atoms with E-state index in [0.717, 1.165) is 16.7 Å². The smallest absolute Gasteiger partial charge is 0.248 e. The zero-order valence-electron chi connectivity index (χ0n) is 19.1. The molecule has 3 aromatic carbocycles. The lowest BCUT2D eigenvalue weighted by Gasteiger charge is -2.12. The van der Waals surface area contributed by atoms with Crippen LogP contribution in [0.5, 0.6) is 23.0 Å². The van der Waals surface area contributed by atoms with Crippen molar-refractivity contribution in [3.8, 4) is 23.0 Å². The summed E-state index contributed by atoms with van der Waals surface area (Å²) in [6.07, 6.45) is 7.09. The number of benzene rings is 3. The minimum atomic E-state index is -0.230. The van der Waals surface area contributed by atoms with Crippen molar-refractivity contribution in [3.63, 3.8) is 0 Å². The summed E-state index contributed by atoms with van der Waals surface area (Å²) in [4.78, 5) is 12.4. The summed E-state index contributed by atoms with van der Waals surface area (Å²) < 4.78 is 21.5. The third-order valence-corrected chi connectivity index (χ3v) is 4.86. The Hall–Kier alpha value is -4.19.